The van der Waals surface area contributed by atoms with Gasteiger partial charge in [-0.15, -0.1) is 10.2 Å². The van der Waals surface area contributed by atoms with Crippen LogP contribution in [0.5, 0.6) is 5.75 Å². The summed E-state index contributed by atoms with van der Waals surface area (Å²) >= 11 is 1.35. The van der Waals surface area contributed by atoms with E-state index in [-0.39, 0.29) is 5.56 Å². The molecule has 0 radical (unpaired) electrons. The quantitative estimate of drug-likeness (QED) is 0.303. The average Bonchev–Trinajstić information content (AvgIpc) is 3.58. The Morgan fingerprint density at radius 1 is 1.03 bits per heavy atom. The number of ether oxygens (including phenoxy) is 1. The molecule has 6 rings (SSSR count). The number of hydrogen-bond donors (Lipinski definition) is 2. The van der Waals surface area contributed by atoms with E-state index in [1.54, 1.807) is 17.1 Å². The molecule has 0 bridgehead atoms. The number of allylic oxidation sites excluding steroid dienone is 2. The smallest absolute Gasteiger partial charge is 0.282 e. The lowest BCUT2D eigenvalue weighted by molar-refractivity contribution is 0.415. The van der Waals surface area contributed by atoms with Gasteiger partial charge < -0.3 is 10.1 Å². The lowest BCUT2D eigenvalue weighted by Gasteiger charge is -2.14. The number of aromatic nitrogens is 5. The number of hydrogen-bond acceptors (Lipinski definition) is 7. The van der Waals surface area contributed by atoms with Gasteiger partial charge in [-0.25, -0.2) is 4.98 Å². The van der Waals surface area contributed by atoms with E-state index >= 15 is 0 Å². The van der Waals surface area contributed by atoms with Crippen molar-refractivity contribution >= 4 is 33.5 Å². The van der Waals surface area contributed by atoms with Gasteiger partial charge in [-0.2, -0.15) is 4.52 Å². The summed E-state index contributed by atoms with van der Waals surface area (Å²) in [5.74, 6) is 1.16. The maximum absolute atomic E-state index is 14.1. The molecule has 0 amide bonds. The van der Waals surface area contributed by atoms with E-state index in [4.69, 9.17) is 9.72 Å². The van der Waals surface area contributed by atoms with Gasteiger partial charge in [0, 0.05) is 11.1 Å². The minimum atomic E-state index is -0.197. The van der Waals surface area contributed by atoms with Crippen molar-refractivity contribution in [1.82, 2.24) is 24.8 Å². The molecular formula is C27H24N6O2S. The van der Waals surface area contributed by atoms with Crippen molar-refractivity contribution in [2.24, 2.45) is 0 Å². The van der Waals surface area contributed by atoms with Crippen molar-refractivity contribution in [2.45, 2.75) is 25.7 Å². The van der Waals surface area contributed by atoms with E-state index in [9.17, 15) is 4.79 Å². The monoisotopic (exact) mass is 496 g/mol. The van der Waals surface area contributed by atoms with E-state index in [0.717, 1.165) is 41.6 Å². The summed E-state index contributed by atoms with van der Waals surface area (Å²) in [7, 11) is 1.62. The van der Waals surface area contributed by atoms with Crippen LogP contribution < -0.4 is 15.6 Å². The van der Waals surface area contributed by atoms with Crippen LogP contribution in [0.2, 0.25) is 0 Å². The number of nitrogens with one attached hydrogen (secondary N) is 2. The highest BCUT2D eigenvalue weighted by molar-refractivity contribution is 7.13. The number of benzene rings is 2. The van der Waals surface area contributed by atoms with Crippen LogP contribution in [-0.2, 0) is 0 Å². The van der Waals surface area contributed by atoms with Crippen LogP contribution in [-0.4, -0.2) is 31.9 Å². The Hall–Kier alpha value is -4.24. The van der Waals surface area contributed by atoms with Gasteiger partial charge in [-0.1, -0.05) is 59.9 Å². The highest BCUT2D eigenvalue weighted by Gasteiger charge is 2.24. The highest BCUT2D eigenvalue weighted by Crippen LogP contribution is 2.37. The summed E-state index contributed by atoms with van der Waals surface area (Å²) in [6, 6.07) is 17.5. The van der Waals surface area contributed by atoms with Gasteiger partial charge in [0.2, 0.25) is 5.13 Å². The zero-order valence-corrected chi connectivity index (χ0v) is 20.5. The number of fused-ring (bicyclic) bond motifs is 1. The van der Waals surface area contributed by atoms with Crippen LogP contribution in [0.1, 0.15) is 31.2 Å². The fraction of sp³-hybridized carbons (Fsp3) is 0.185. The first-order valence-corrected chi connectivity index (χ1v) is 12.7. The number of anilines is 2. The Morgan fingerprint density at radius 2 is 1.86 bits per heavy atom. The Labute approximate surface area is 211 Å². The van der Waals surface area contributed by atoms with Gasteiger partial charge in [0.15, 0.2) is 5.65 Å². The second-order valence-electron chi connectivity index (χ2n) is 8.60. The topological polar surface area (TPSA) is 97.2 Å². The van der Waals surface area contributed by atoms with Gasteiger partial charge in [0.25, 0.3) is 5.56 Å². The SMILES string of the molecule is COc1ccc(-c2c(Nc3nncs3)nc3c(C4=CCCCC4)c(-c4ccccc4)[nH]n3c2=O)cc1. The van der Waals surface area contributed by atoms with Crippen molar-refractivity contribution in [3.8, 4) is 28.1 Å². The van der Waals surface area contributed by atoms with Crippen molar-refractivity contribution in [2.75, 3.05) is 12.4 Å². The number of aromatic amines is 1. The molecule has 0 unspecified atom stereocenters. The van der Waals surface area contributed by atoms with Crippen LogP contribution in [0.25, 0.3) is 33.6 Å². The van der Waals surface area contributed by atoms with E-state index in [1.165, 1.54) is 23.3 Å². The minimum Gasteiger partial charge on any atom is -0.497 e. The van der Waals surface area contributed by atoms with Gasteiger partial charge in [-0.05, 0) is 49.0 Å². The summed E-state index contributed by atoms with van der Waals surface area (Å²) in [5.41, 5.74) is 7.29. The second-order valence-corrected chi connectivity index (χ2v) is 9.43. The Balaban J connectivity index is 1.65. The van der Waals surface area contributed by atoms with Crippen LogP contribution in [0.4, 0.5) is 10.9 Å². The van der Waals surface area contributed by atoms with Gasteiger partial charge in [-0.3, -0.25) is 9.89 Å². The summed E-state index contributed by atoms with van der Waals surface area (Å²) in [6.07, 6.45) is 6.53. The lowest BCUT2D eigenvalue weighted by atomic mass is 9.92. The molecule has 0 aliphatic heterocycles. The third kappa shape index (κ3) is 3.97. The fourth-order valence-corrected chi connectivity index (χ4v) is 5.14. The lowest BCUT2D eigenvalue weighted by Crippen LogP contribution is -2.19. The number of nitrogens with zero attached hydrogens (tertiary/aromatic N) is 4. The molecular weight excluding hydrogens is 472 g/mol. The van der Waals surface area contributed by atoms with Gasteiger partial charge >= 0.3 is 0 Å². The van der Waals surface area contributed by atoms with Crippen molar-refractivity contribution in [3.63, 3.8) is 0 Å². The molecule has 1 aliphatic rings. The van der Waals surface area contributed by atoms with Crippen LogP contribution in [0, 0.1) is 0 Å². The summed E-state index contributed by atoms with van der Waals surface area (Å²) < 4.78 is 6.88. The summed E-state index contributed by atoms with van der Waals surface area (Å²) in [4.78, 5) is 19.1. The Kier molecular flexibility index (Phi) is 5.82. The second kappa shape index (κ2) is 9.43. The molecule has 0 atom stereocenters. The van der Waals surface area contributed by atoms with Crippen molar-refractivity contribution in [1.29, 1.82) is 0 Å². The summed E-state index contributed by atoms with van der Waals surface area (Å²) in [5, 5.41) is 15.2. The van der Waals surface area contributed by atoms with E-state index in [0.29, 0.717) is 27.9 Å². The van der Waals surface area contributed by atoms with E-state index in [1.807, 2.05) is 54.6 Å². The maximum atomic E-state index is 14.1. The van der Waals surface area contributed by atoms with Crippen LogP contribution >= 0.6 is 11.3 Å². The maximum Gasteiger partial charge on any atom is 0.282 e. The molecule has 0 saturated heterocycles. The van der Waals surface area contributed by atoms with Crippen LogP contribution in [0.3, 0.4) is 0 Å². The first-order valence-electron chi connectivity index (χ1n) is 11.8. The molecule has 5 aromatic rings. The molecule has 2 aromatic carbocycles. The first-order chi connectivity index (χ1) is 17.7. The molecule has 36 heavy (non-hydrogen) atoms. The van der Waals surface area contributed by atoms with Crippen molar-refractivity contribution in [3.05, 3.63) is 82.1 Å². The van der Waals surface area contributed by atoms with Crippen LogP contribution in [0.15, 0.2) is 71.0 Å². The number of methoxy groups -OCH3 is 1. The standard InChI is InChI=1S/C27H24N6O2S/c1-35-20-14-12-18(13-15-20)22-24(30-27-31-28-16-36-27)29-25-21(17-8-4-2-5-9-17)23(32-33(25)26(22)34)19-10-6-3-7-11-19/h3,6-8,10-16,32H,2,4-5,9H2,1H3,(H,30,31). The summed E-state index contributed by atoms with van der Waals surface area (Å²) in [6.45, 7) is 0. The molecule has 2 N–H and O–H groups in total. The van der Waals surface area contributed by atoms with E-state index < -0.39 is 0 Å². The largest absolute Gasteiger partial charge is 0.497 e. The van der Waals surface area contributed by atoms with E-state index in [2.05, 4.69) is 26.7 Å². The molecule has 9 heteroatoms. The number of rotatable bonds is 6. The zero-order chi connectivity index (χ0) is 24.5. The molecule has 3 heterocycles. The predicted octanol–water partition coefficient (Wildman–Crippen LogP) is 5.92. The minimum absolute atomic E-state index is 0.197. The number of H-pyrrole nitrogens is 1. The third-order valence-corrected chi connectivity index (χ3v) is 7.03. The molecule has 180 valence electrons. The third-order valence-electron chi connectivity index (χ3n) is 6.42. The zero-order valence-electron chi connectivity index (χ0n) is 19.7. The molecule has 0 saturated carbocycles. The van der Waals surface area contributed by atoms with Crippen molar-refractivity contribution < 1.29 is 4.74 Å². The fourth-order valence-electron chi connectivity index (χ4n) is 4.69. The average molecular weight is 497 g/mol. The molecule has 8 nitrogen and oxygen atoms in total. The van der Waals surface area contributed by atoms with Gasteiger partial charge in [0.05, 0.1) is 18.4 Å². The normalized spacial score (nSPS) is 13.5. The molecule has 1 aliphatic carbocycles. The Bertz CT molecular complexity index is 1600. The molecule has 0 spiro atoms. The molecule has 3 aromatic heterocycles. The highest BCUT2D eigenvalue weighted by atomic mass is 32.1. The Morgan fingerprint density at radius 3 is 2.56 bits per heavy atom. The van der Waals surface area contributed by atoms with Gasteiger partial charge in [0.1, 0.15) is 17.1 Å². The first kappa shape index (κ1) is 22.2. The molecule has 0 fully saturated rings. The predicted molar refractivity (Wildman–Crippen MR) is 143 cm³/mol.